The lowest BCUT2D eigenvalue weighted by Crippen LogP contribution is -2.46. The zero-order chi connectivity index (χ0) is 12.5. The van der Waals surface area contributed by atoms with Crippen molar-refractivity contribution in [3.8, 4) is 0 Å². The molecule has 0 aromatic heterocycles. The molecule has 0 bridgehead atoms. The quantitative estimate of drug-likeness (QED) is 0.904. The molecule has 0 radical (unpaired) electrons. The molecule has 1 aromatic carbocycles. The summed E-state index contributed by atoms with van der Waals surface area (Å²) in [5.41, 5.74) is 6.59. The summed E-state index contributed by atoms with van der Waals surface area (Å²) in [6, 6.07) is 4.65. The van der Waals surface area contributed by atoms with Crippen molar-refractivity contribution in [3.05, 3.63) is 34.6 Å². The Balaban J connectivity index is 2.12. The molecule has 1 aromatic rings. The highest BCUT2D eigenvalue weighted by Gasteiger charge is 2.36. The largest absolute Gasteiger partial charge is 0.374 e. The molecule has 2 rings (SSSR count). The Morgan fingerprint density at radius 1 is 1.59 bits per heavy atom. The summed E-state index contributed by atoms with van der Waals surface area (Å²) in [7, 11) is 0. The van der Waals surface area contributed by atoms with Crippen LogP contribution in [-0.4, -0.2) is 18.2 Å². The van der Waals surface area contributed by atoms with E-state index in [4.69, 9.17) is 22.1 Å². The third kappa shape index (κ3) is 2.62. The van der Waals surface area contributed by atoms with Crippen LogP contribution in [0.1, 0.15) is 25.3 Å². The highest BCUT2D eigenvalue weighted by Crippen LogP contribution is 2.30. The summed E-state index contributed by atoms with van der Waals surface area (Å²) in [5, 5.41) is 0.171. The normalized spacial score (nSPS) is 26.1. The molecule has 94 valence electrons. The van der Waals surface area contributed by atoms with Crippen LogP contribution in [0.25, 0.3) is 0 Å². The molecule has 2 atom stereocenters. The van der Waals surface area contributed by atoms with Gasteiger partial charge in [0.15, 0.2) is 0 Å². The number of halogens is 2. The Kier molecular flexibility index (Phi) is 3.71. The van der Waals surface area contributed by atoms with Crippen molar-refractivity contribution in [1.29, 1.82) is 0 Å². The lowest BCUT2D eigenvalue weighted by molar-refractivity contribution is -0.000912. The molecule has 0 spiro atoms. The van der Waals surface area contributed by atoms with Crippen molar-refractivity contribution in [2.24, 2.45) is 5.73 Å². The van der Waals surface area contributed by atoms with Gasteiger partial charge in [0.2, 0.25) is 0 Å². The zero-order valence-corrected chi connectivity index (χ0v) is 10.6. The maximum absolute atomic E-state index is 13.3. The number of benzene rings is 1. The van der Waals surface area contributed by atoms with Crippen molar-refractivity contribution < 1.29 is 9.13 Å². The predicted molar refractivity (Wildman–Crippen MR) is 66.7 cm³/mol. The molecule has 1 saturated heterocycles. The Bertz CT molecular complexity index is 404. The first kappa shape index (κ1) is 12.8. The monoisotopic (exact) mass is 257 g/mol. The Labute approximate surface area is 106 Å². The first-order chi connectivity index (χ1) is 8.03. The molecule has 1 heterocycles. The lowest BCUT2D eigenvalue weighted by atomic mass is 9.89. The SMILES string of the molecule is CC1(C(N)Cc2cccc(F)c2Cl)CCCO1. The number of hydrogen-bond acceptors (Lipinski definition) is 2. The van der Waals surface area contributed by atoms with E-state index in [0.717, 1.165) is 25.0 Å². The van der Waals surface area contributed by atoms with Crippen molar-refractivity contribution in [1.82, 2.24) is 0 Å². The van der Waals surface area contributed by atoms with Crippen LogP contribution >= 0.6 is 11.6 Å². The van der Waals surface area contributed by atoms with E-state index < -0.39 is 5.82 Å². The number of hydrogen-bond donors (Lipinski definition) is 1. The topological polar surface area (TPSA) is 35.2 Å². The van der Waals surface area contributed by atoms with Gasteiger partial charge in [-0.1, -0.05) is 23.7 Å². The van der Waals surface area contributed by atoms with Gasteiger partial charge in [0.05, 0.1) is 10.6 Å². The molecular formula is C13H17ClFNO. The van der Waals surface area contributed by atoms with E-state index in [1.165, 1.54) is 6.07 Å². The second-order valence-electron chi connectivity index (χ2n) is 4.79. The fraction of sp³-hybridized carbons (Fsp3) is 0.538. The fourth-order valence-electron chi connectivity index (χ4n) is 2.25. The summed E-state index contributed by atoms with van der Waals surface area (Å²) in [6.07, 6.45) is 2.51. The van der Waals surface area contributed by atoms with Crippen LogP contribution in [0.3, 0.4) is 0 Å². The third-order valence-corrected chi connectivity index (χ3v) is 3.93. The highest BCUT2D eigenvalue weighted by molar-refractivity contribution is 6.31. The minimum absolute atomic E-state index is 0.163. The van der Waals surface area contributed by atoms with Crippen molar-refractivity contribution in [2.45, 2.75) is 37.8 Å². The highest BCUT2D eigenvalue weighted by atomic mass is 35.5. The van der Waals surface area contributed by atoms with E-state index in [2.05, 4.69) is 0 Å². The maximum atomic E-state index is 13.3. The van der Waals surface area contributed by atoms with Gasteiger partial charge in [0, 0.05) is 12.6 Å². The molecule has 0 saturated carbocycles. The third-order valence-electron chi connectivity index (χ3n) is 3.51. The van der Waals surface area contributed by atoms with Gasteiger partial charge in [-0.2, -0.15) is 0 Å². The molecule has 4 heteroatoms. The summed E-state index contributed by atoms with van der Waals surface area (Å²) in [4.78, 5) is 0. The van der Waals surface area contributed by atoms with Gasteiger partial charge < -0.3 is 10.5 Å². The molecule has 2 unspecified atom stereocenters. The van der Waals surface area contributed by atoms with E-state index in [0.29, 0.717) is 6.42 Å². The first-order valence-electron chi connectivity index (χ1n) is 5.85. The van der Waals surface area contributed by atoms with Crippen LogP contribution in [-0.2, 0) is 11.2 Å². The summed E-state index contributed by atoms with van der Waals surface area (Å²) in [6.45, 7) is 2.76. The van der Waals surface area contributed by atoms with Crippen LogP contribution in [0.5, 0.6) is 0 Å². The van der Waals surface area contributed by atoms with Crippen LogP contribution < -0.4 is 5.73 Å². The van der Waals surface area contributed by atoms with Crippen molar-refractivity contribution >= 4 is 11.6 Å². The van der Waals surface area contributed by atoms with E-state index >= 15 is 0 Å². The van der Waals surface area contributed by atoms with E-state index in [-0.39, 0.29) is 16.7 Å². The summed E-state index contributed by atoms with van der Waals surface area (Å²) >= 11 is 5.92. The Hall–Kier alpha value is -0.640. The average Bonchev–Trinajstić information content (AvgIpc) is 2.73. The molecule has 0 aliphatic carbocycles. The maximum Gasteiger partial charge on any atom is 0.142 e. The van der Waals surface area contributed by atoms with Crippen molar-refractivity contribution in [2.75, 3.05) is 6.61 Å². The Morgan fingerprint density at radius 2 is 2.35 bits per heavy atom. The van der Waals surface area contributed by atoms with Gasteiger partial charge in [0.1, 0.15) is 5.82 Å². The second kappa shape index (κ2) is 4.92. The van der Waals surface area contributed by atoms with Crippen LogP contribution in [0, 0.1) is 5.82 Å². The standard InChI is InChI=1S/C13H17ClFNO/c1-13(6-3-7-17-13)11(16)8-9-4-2-5-10(15)12(9)14/h2,4-5,11H,3,6-8,16H2,1H3. The zero-order valence-electron chi connectivity index (χ0n) is 9.88. The molecule has 1 aliphatic heterocycles. The van der Waals surface area contributed by atoms with Gasteiger partial charge >= 0.3 is 0 Å². The lowest BCUT2D eigenvalue weighted by Gasteiger charge is -2.30. The van der Waals surface area contributed by atoms with Gasteiger partial charge in [-0.15, -0.1) is 0 Å². The van der Waals surface area contributed by atoms with E-state index in [1.54, 1.807) is 6.07 Å². The Morgan fingerprint density at radius 3 is 3.00 bits per heavy atom. The minimum Gasteiger partial charge on any atom is -0.374 e. The van der Waals surface area contributed by atoms with Gasteiger partial charge in [-0.3, -0.25) is 0 Å². The molecule has 0 amide bonds. The van der Waals surface area contributed by atoms with Crippen molar-refractivity contribution in [3.63, 3.8) is 0 Å². The number of nitrogens with two attached hydrogens (primary N) is 1. The van der Waals surface area contributed by atoms with Crippen LogP contribution in [0.4, 0.5) is 4.39 Å². The second-order valence-corrected chi connectivity index (χ2v) is 5.17. The van der Waals surface area contributed by atoms with Crippen LogP contribution in [0.2, 0.25) is 5.02 Å². The summed E-state index contributed by atoms with van der Waals surface area (Å²) < 4.78 is 19.0. The van der Waals surface area contributed by atoms with E-state index in [1.807, 2.05) is 13.0 Å². The molecule has 17 heavy (non-hydrogen) atoms. The minimum atomic E-state index is -0.395. The number of rotatable bonds is 3. The first-order valence-corrected chi connectivity index (χ1v) is 6.23. The smallest absolute Gasteiger partial charge is 0.142 e. The van der Waals surface area contributed by atoms with Crippen LogP contribution in [0.15, 0.2) is 18.2 Å². The molecule has 1 aliphatic rings. The van der Waals surface area contributed by atoms with E-state index in [9.17, 15) is 4.39 Å². The van der Waals surface area contributed by atoms with Gasteiger partial charge in [0.25, 0.3) is 0 Å². The predicted octanol–water partition coefficient (Wildman–Crippen LogP) is 2.92. The summed E-state index contributed by atoms with van der Waals surface area (Å²) in [5.74, 6) is -0.395. The molecule has 1 fully saturated rings. The molecule has 2 nitrogen and oxygen atoms in total. The average molecular weight is 258 g/mol. The molecular weight excluding hydrogens is 241 g/mol. The fourth-order valence-corrected chi connectivity index (χ4v) is 2.46. The van der Waals surface area contributed by atoms with Gasteiger partial charge in [-0.25, -0.2) is 4.39 Å². The van der Waals surface area contributed by atoms with Gasteiger partial charge in [-0.05, 0) is 37.8 Å². The number of ether oxygens (including phenoxy) is 1. The molecule has 2 N–H and O–H groups in total.